The number of alkyl halides is 3. The molecule has 0 saturated carbocycles. The third-order valence-electron chi connectivity index (χ3n) is 6.30. The van der Waals surface area contributed by atoms with E-state index in [0.717, 1.165) is 24.3 Å². The number of aromatic nitrogens is 3. The Morgan fingerprint density at radius 2 is 1.81 bits per heavy atom. The number of pyridine rings is 1. The van der Waals surface area contributed by atoms with Crippen LogP contribution in [0.5, 0.6) is 0 Å². The number of rotatable bonds is 8. The van der Waals surface area contributed by atoms with E-state index in [2.05, 4.69) is 38.9 Å². The highest BCUT2D eigenvalue weighted by atomic mass is 19.4. The topological polar surface area (TPSA) is 83.5 Å². The normalized spacial score (nSPS) is 15.6. The first kappa shape index (κ1) is 25.8. The molecule has 0 aliphatic carbocycles. The number of benzene rings is 1. The first-order valence-electron chi connectivity index (χ1n) is 12.0. The molecule has 0 bridgehead atoms. The van der Waals surface area contributed by atoms with E-state index in [1.165, 1.54) is 12.4 Å². The van der Waals surface area contributed by atoms with Crippen molar-refractivity contribution in [2.75, 3.05) is 50.8 Å². The number of hydrogen-bond donors (Lipinski definition) is 1. The van der Waals surface area contributed by atoms with Crippen molar-refractivity contribution < 1.29 is 22.7 Å². The zero-order chi connectivity index (χ0) is 25.7. The molecule has 0 radical (unpaired) electrons. The fourth-order valence-corrected chi connectivity index (χ4v) is 4.35. The number of fused-ring (bicyclic) bond motifs is 1. The predicted octanol–water partition coefficient (Wildman–Crippen LogP) is 3.69. The summed E-state index contributed by atoms with van der Waals surface area (Å²) in [6, 6.07) is 8.80. The molecule has 192 valence electrons. The average Bonchev–Trinajstić information content (AvgIpc) is 2.89. The van der Waals surface area contributed by atoms with E-state index in [0.29, 0.717) is 42.9 Å². The van der Waals surface area contributed by atoms with Gasteiger partial charge in [-0.15, -0.1) is 0 Å². The smallest absolute Gasteiger partial charge is 0.379 e. The van der Waals surface area contributed by atoms with Crippen LogP contribution in [0.1, 0.15) is 41.6 Å². The molecule has 4 rings (SSSR count). The largest absolute Gasteiger partial charge is 0.451 e. The Bertz CT molecular complexity index is 1180. The number of nitrogens with one attached hydrogen (secondary N) is 1. The summed E-state index contributed by atoms with van der Waals surface area (Å²) in [6.45, 7) is 8.09. The van der Waals surface area contributed by atoms with Gasteiger partial charge in [0, 0.05) is 61.6 Å². The number of carbonyl (C=O) groups excluding carboxylic acids is 1. The van der Waals surface area contributed by atoms with Crippen LogP contribution in [-0.2, 0) is 10.9 Å². The summed E-state index contributed by atoms with van der Waals surface area (Å²) in [7, 11) is 0. The fraction of sp³-hybridized carbons (Fsp3) is 0.440. The Labute approximate surface area is 207 Å². The number of morpholine rings is 1. The molecule has 1 atom stereocenters. The Balaban J connectivity index is 1.55. The highest BCUT2D eigenvalue weighted by Crippen LogP contribution is 2.27. The van der Waals surface area contributed by atoms with Crippen LogP contribution in [0.3, 0.4) is 0 Å². The predicted molar refractivity (Wildman–Crippen MR) is 130 cm³/mol. The molecule has 3 aromatic rings. The number of halogens is 3. The van der Waals surface area contributed by atoms with Crippen LogP contribution >= 0.6 is 0 Å². The van der Waals surface area contributed by atoms with Gasteiger partial charge in [0.15, 0.2) is 0 Å². The van der Waals surface area contributed by atoms with Crippen LogP contribution in [0, 0.1) is 0 Å². The highest BCUT2D eigenvalue weighted by molar-refractivity contribution is 6.06. The number of nitrogens with zero attached hydrogens (tertiary/aromatic N) is 5. The molecule has 1 fully saturated rings. The van der Waals surface area contributed by atoms with Crippen molar-refractivity contribution in [3.8, 4) is 0 Å². The Hall–Kier alpha value is -3.31. The van der Waals surface area contributed by atoms with Gasteiger partial charge in [-0.25, -0.2) is 15.0 Å². The third kappa shape index (κ3) is 5.73. The molecule has 1 saturated heterocycles. The van der Waals surface area contributed by atoms with Crippen molar-refractivity contribution in [3.05, 3.63) is 59.7 Å². The SMILES string of the molecule is CCN(CC)c1ccc2c(C(=O)NCC(c3cnc(C(F)(F)F)nc3)N3CCOCC3)cccc2n1. The molecule has 1 amide bonds. The van der Waals surface area contributed by atoms with Gasteiger partial charge in [-0.05, 0) is 38.1 Å². The van der Waals surface area contributed by atoms with Gasteiger partial charge in [0.25, 0.3) is 5.91 Å². The second-order valence-corrected chi connectivity index (χ2v) is 8.43. The monoisotopic (exact) mass is 502 g/mol. The zero-order valence-corrected chi connectivity index (χ0v) is 20.3. The Kier molecular flexibility index (Phi) is 8.00. The van der Waals surface area contributed by atoms with E-state index >= 15 is 0 Å². The number of ether oxygens (including phenoxy) is 1. The minimum Gasteiger partial charge on any atom is -0.379 e. The number of anilines is 1. The summed E-state index contributed by atoms with van der Waals surface area (Å²) in [4.78, 5) is 29.1. The molecule has 1 aliphatic heterocycles. The maximum atomic E-state index is 13.2. The van der Waals surface area contributed by atoms with Crippen LogP contribution in [0.4, 0.5) is 19.0 Å². The molecule has 36 heavy (non-hydrogen) atoms. The van der Waals surface area contributed by atoms with Gasteiger partial charge in [-0.3, -0.25) is 9.69 Å². The fourth-order valence-electron chi connectivity index (χ4n) is 4.35. The average molecular weight is 503 g/mol. The summed E-state index contributed by atoms with van der Waals surface area (Å²) in [5.41, 5.74) is 1.69. The van der Waals surface area contributed by atoms with Gasteiger partial charge >= 0.3 is 6.18 Å². The van der Waals surface area contributed by atoms with Crippen LogP contribution in [0.2, 0.25) is 0 Å². The second-order valence-electron chi connectivity index (χ2n) is 8.43. The second kappa shape index (κ2) is 11.2. The minimum atomic E-state index is -4.62. The first-order chi connectivity index (χ1) is 17.3. The van der Waals surface area contributed by atoms with Crippen molar-refractivity contribution in [1.29, 1.82) is 0 Å². The van der Waals surface area contributed by atoms with Gasteiger partial charge < -0.3 is 15.0 Å². The Morgan fingerprint density at radius 3 is 2.44 bits per heavy atom. The van der Waals surface area contributed by atoms with E-state index in [1.54, 1.807) is 12.1 Å². The summed E-state index contributed by atoms with van der Waals surface area (Å²) >= 11 is 0. The maximum Gasteiger partial charge on any atom is 0.451 e. The first-order valence-corrected chi connectivity index (χ1v) is 12.0. The molecular formula is C25H29F3N6O2. The quantitative estimate of drug-likeness (QED) is 0.503. The van der Waals surface area contributed by atoms with E-state index < -0.39 is 18.0 Å². The highest BCUT2D eigenvalue weighted by Gasteiger charge is 2.35. The van der Waals surface area contributed by atoms with Gasteiger partial charge in [0.2, 0.25) is 5.82 Å². The number of hydrogen-bond acceptors (Lipinski definition) is 7. The third-order valence-corrected chi connectivity index (χ3v) is 6.30. The molecule has 1 aromatic carbocycles. The lowest BCUT2D eigenvalue weighted by atomic mass is 10.1. The minimum absolute atomic E-state index is 0.176. The molecule has 3 heterocycles. The molecule has 11 heteroatoms. The van der Waals surface area contributed by atoms with E-state index in [4.69, 9.17) is 9.72 Å². The van der Waals surface area contributed by atoms with Crippen LogP contribution < -0.4 is 10.2 Å². The van der Waals surface area contributed by atoms with Crippen molar-refractivity contribution in [2.24, 2.45) is 0 Å². The summed E-state index contributed by atoms with van der Waals surface area (Å²) < 4.78 is 44.2. The van der Waals surface area contributed by atoms with Crippen molar-refractivity contribution in [2.45, 2.75) is 26.1 Å². The van der Waals surface area contributed by atoms with Gasteiger partial charge in [0.1, 0.15) is 5.82 Å². The molecule has 2 aromatic heterocycles. The molecule has 8 nitrogen and oxygen atoms in total. The van der Waals surface area contributed by atoms with Crippen LogP contribution in [-0.4, -0.2) is 71.7 Å². The number of amides is 1. The van der Waals surface area contributed by atoms with Gasteiger partial charge in [-0.1, -0.05) is 6.07 Å². The van der Waals surface area contributed by atoms with Crippen LogP contribution in [0.25, 0.3) is 10.9 Å². The summed E-state index contributed by atoms with van der Waals surface area (Å²) in [5, 5.41) is 3.68. The number of carbonyl (C=O) groups is 1. The molecule has 1 aliphatic rings. The van der Waals surface area contributed by atoms with E-state index in [-0.39, 0.29) is 12.5 Å². The van der Waals surface area contributed by atoms with Gasteiger partial charge in [0.05, 0.1) is 24.8 Å². The molecule has 1 N–H and O–H groups in total. The van der Waals surface area contributed by atoms with Crippen molar-refractivity contribution in [1.82, 2.24) is 25.2 Å². The van der Waals surface area contributed by atoms with Gasteiger partial charge in [-0.2, -0.15) is 13.2 Å². The lowest BCUT2D eigenvalue weighted by molar-refractivity contribution is -0.145. The lowest BCUT2D eigenvalue weighted by Gasteiger charge is -2.34. The molecule has 0 spiro atoms. The van der Waals surface area contributed by atoms with Crippen molar-refractivity contribution in [3.63, 3.8) is 0 Å². The standard InChI is InChI=1S/C25H29F3N6O2/c1-3-33(4-2)22-9-8-18-19(6-5-7-20(18)32-22)23(35)29-16-21(34-10-12-36-13-11-34)17-14-30-24(31-15-17)25(26,27)28/h5-9,14-15,21H,3-4,10-13,16H2,1-2H3,(H,29,35). The van der Waals surface area contributed by atoms with Crippen molar-refractivity contribution >= 4 is 22.6 Å². The Morgan fingerprint density at radius 1 is 1.11 bits per heavy atom. The van der Waals surface area contributed by atoms with E-state index in [1.807, 2.05) is 18.2 Å². The molecule has 1 unspecified atom stereocenters. The zero-order valence-electron chi connectivity index (χ0n) is 20.3. The lowest BCUT2D eigenvalue weighted by Crippen LogP contribution is -2.44. The summed E-state index contributed by atoms with van der Waals surface area (Å²) in [6.07, 6.45) is -2.26. The summed E-state index contributed by atoms with van der Waals surface area (Å²) in [5.74, 6) is -0.632. The molecular weight excluding hydrogens is 473 g/mol. The maximum absolute atomic E-state index is 13.2. The van der Waals surface area contributed by atoms with E-state index in [9.17, 15) is 18.0 Å². The van der Waals surface area contributed by atoms with Crippen LogP contribution in [0.15, 0.2) is 42.7 Å².